The highest BCUT2D eigenvalue weighted by Crippen LogP contribution is 2.26. The van der Waals surface area contributed by atoms with Gasteiger partial charge >= 0.3 is 0 Å². The number of rotatable bonds is 43. The van der Waals surface area contributed by atoms with Crippen molar-refractivity contribution in [3.05, 3.63) is 41.3 Å². The molecule has 0 aliphatic rings. The van der Waals surface area contributed by atoms with Gasteiger partial charge in [0.25, 0.3) is 0 Å². The van der Waals surface area contributed by atoms with Crippen molar-refractivity contribution >= 4 is 0 Å². The molecule has 1 rings (SSSR count). The first kappa shape index (κ1) is 50.2. The maximum Gasteiger partial charge on any atom is -0.0273 e. The topological polar surface area (TPSA) is 0 Å². The van der Waals surface area contributed by atoms with Crippen LogP contribution in [0.1, 0.15) is 293 Å². The Labute approximate surface area is 337 Å². The minimum atomic E-state index is 0.941. The fourth-order valence-electron chi connectivity index (χ4n) is 8.77. The van der Waals surface area contributed by atoms with Crippen molar-refractivity contribution < 1.29 is 0 Å². The van der Waals surface area contributed by atoms with Gasteiger partial charge in [-0.15, -0.1) is 0 Å². The lowest BCUT2D eigenvalue weighted by atomic mass is 9.87. The largest absolute Gasteiger partial charge is 0.0654 e. The average molecular weight is 736 g/mol. The van der Waals surface area contributed by atoms with Crippen LogP contribution in [-0.2, 0) is 25.7 Å². The van der Waals surface area contributed by atoms with Gasteiger partial charge in [0.1, 0.15) is 0 Å². The molecule has 1 radical (unpaired) electrons. The van der Waals surface area contributed by atoms with Crippen molar-refractivity contribution in [1.29, 1.82) is 0 Å². The smallest absolute Gasteiger partial charge is 0.0273 e. The molecule has 0 nitrogen and oxygen atoms in total. The number of hydrogen-bond donors (Lipinski definition) is 0. The highest BCUT2D eigenvalue weighted by Gasteiger charge is 2.12. The van der Waals surface area contributed by atoms with Crippen molar-refractivity contribution in [3.63, 3.8) is 0 Å². The lowest BCUT2D eigenvalue weighted by Crippen LogP contribution is -2.04. The van der Waals surface area contributed by atoms with Crippen LogP contribution in [0, 0.1) is 6.92 Å². The molecule has 311 valence electrons. The van der Waals surface area contributed by atoms with Crippen LogP contribution in [0.3, 0.4) is 0 Å². The zero-order chi connectivity index (χ0) is 38.1. The zero-order valence-corrected chi connectivity index (χ0v) is 37.3. The summed E-state index contributed by atoms with van der Waals surface area (Å²) in [5, 5.41) is 0. The molecule has 53 heavy (non-hydrogen) atoms. The van der Waals surface area contributed by atoms with E-state index in [0.717, 1.165) is 6.42 Å². The standard InChI is InChI=1S/C53H99/c1-5-9-12-15-18-21-24-27-30-33-36-39-42-45-51-48-50(8-4)49-52(46-43-40-37-34-31-28-25-22-19-16-13-10-6-2)53(51)47-44-41-38-35-32-29-26-23-20-17-14-11-7-3/h48-49H,4-47H2,1-3H3. The maximum absolute atomic E-state index is 4.35. The van der Waals surface area contributed by atoms with E-state index >= 15 is 0 Å². The van der Waals surface area contributed by atoms with Gasteiger partial charge in [-0.25, -0.2) is 0 Å². The third kappa shape index (κ3) is 32.1. The third-order valence-corrected chi connectivity index (χ3v) is 12.4. The van der Waals surface area contributed by atoms with E-state index in [-0.39, 0.29) is 0 Å². The van der Waals surface area contributed by atoms with E-state index in [1.165, 1.54) is 275 Å². The van der Waals surface area contributed by atoms with Crippen LogP contribution in [0.5, 0.6) is 0 Å². The van der Waals surface area contributed by atoms with E-state index in [1.807, 2.05) is 0 Å². The molecule has 0 heterocycles. The van der Waals surface area contributed by atoms with Gasteiger partial charge in [-0.05, 0) is 74.1 Å². The Morgan fingerprint density at radius 1 is 0.283 bits per heavy atom. The Kier molecular flexibility index (Phi) is 38.7. The van der Waals surface area contributed by atoms with Crippen LogP contribution in [0.15, 0.2) is 12.1 Å². The maximum atomic E-state index is 4.35. The highest BCUT2D eigenvalue weighted by atomic mass is 14.2. The molecule has 0 fully saturated rings. The summed E-state index contributed by atoms with van der Waals surface area (Å²) in [4.78, 5) is 0. The fourth-order valence-corrected chi connectivity index (χ4v) is 8.77. The summed E-state index contributed by atoms with van der Waals surface area (Å²) in [7, 11) is 0. The van der Waals surface area contributed by atoms with E-state index in [4.69, 9.17) is 0 Å². The predicted octanol–water partition coefficient (Wildman–Crippen LogP) is 19.0. The van der Waals surface area contributed by atoms with E-state index in [9.17, 15) is 0 Å². The zero-order valence-electron chi connectivity index (χ0n) is 37.3. The van der Waals surface area contributed by atoms with E-state index in [0.29, 0.717) is 0 Å². The van der Waals surface area contributed by atoms with E-state index in [2.05, 4.69) is 39.8 Å². The third-order valence-electron chi connectivity index (χ3n) is 12.4. The minimum Gasteiger partial charge on any atom is -0.0654 e. The molecule has 0 aromatic heterocycles. The first-order chi connectivity index (χ1) is 26.3. The summed E-state index contributed by atoms with van der Waals surface area (Å²) in [5.41, 5.74) is 6.67. The molecular weight excluding hydrogens is 637 g/mol. The van der Waals surface area contributed by atoms with E-state index in [1.54, 1.807) is 16.7 Å². The van der Waals surface area contributed by atoms with E-state index < -0.39 is 0 Å². The second-order valence-electron chi connectivity index (χ2n) is 17.6. The van der Waals surface area contributed by atoms with Gasteiger partial charge in [-0.3, -0.25) is 0 Å². The van der Waals surface area contributed by atoms with Gasteiger partial charge in [-0.1, -0.05) is 264 Å². The van der Waals surface area contributed by atoms with Crippen molar-refractivity contribution in [2.45, 2.75) is 297 Å². The van der Waals surface area contributed by atoms with Gasteiger partial charge in [0.05, 0.1) is 0 Å². The number of hydrogen-bond acceptors (Lipinski definition) is 0. The van der Waals surface area contributed by atoms with Crippen LogP contribution < -0.4 is 0 Å². The molecule has 1 aromatic rings. The van der Waals surface area contributed by atoms with Gasteiger partial charge in [0, 0.05) is 0 Å². The molecule has 1 aromatic carbocycles. The van der Waals surface area contributed by atoms with Crippen molar-refractivity contribution in [3.8, 4) is 0 Å². The summed E-state index contributed by atoms with van der Waals surface area (Å²) in [6, 6.07) is 5.16. The molecule has 0 atom stereocenters. The Bertz CT molecular complexity index is 799. The summed E-state index contributed by atoms with van der Waals surface area (Å²) in [6.07, 6.45) is 61.0. The van der Waals surface area contributed by atoms with Gasteiger partial charge in [0.2, 0.25) is 0 Å². The lowest BCUT2D eigenvalue weighted by molar-refractivity contribution is 0.536. The van der Waals surface area contributed by atoms with Gasteiger partial charge in [0.15, 0.2) is 0 Å². The molecule has 0 saturated carbocycles. The number of unbranched alkanes of at least 4 members (excludes halogenated alkanes) is 36. The first-order valence-corrected chi connectivity index (χ1v) is 25.2. The van der Waals surface area contributed by atoms with Crippen LogP contribution >= 0.6 is 0 Å². The molecule has 0 unspecified atom stereocenters. The van der Waals surface area contributed by atoms with Crippen LogP contribution in [-0.4, -0.2) is 0 Å². The van der Waals surface area contributed by atoms with Crippen LogP contribution in [0.2, 0.25) is 0 Å². The number of benzene rings is 1. The fraction of sp³-hybridized carbons (Fsp3) is 0.868. The predicted molar refractivity (Wildman–Crippen MR) is 244 cm³/mol. The highest BCUT2D eigenvalue weighted by molar-refractivity contribution is 5.40. The molecule has 0 saturated heterocycles. The quantitative estimate of drug-likeness (QED) is 0.0586. The molecule has 0 N–H and O–H groups in total. The Morgan fingerprint density at radius 2 is 0.491 bits per heavy atom. The van der Waals surface area contributed by atoms with Crippen LogP contribution in [0.4, 0.5) is 0 Å². The summed E-state index contributed by atoms with van der Waals surface area (Å²) in [6.45, 7) is 11.3. The molecule has 0 aliphatic heterocycles. The molecule has 0 aliphatic carbocycles. The van der Waals surface area contributed by atoms with Crippen molar-refractivity contribution in [1.82, 2.24) is 0 Å². The second kappa shape index (κ2) is 40.9. The molecule has 0 bridgehead atoms. The molecule has 0 spiro atoms. The molecular formula is C53H99. The number of aryl methyl sites for hydroxylation is 2. The monoisotopic (exact) mass is 736 g/mol. The van der Waals surface area contributed by atoms with Crippen molar-refractivity contribution in [2.75, 3.05) is 0 Å². The summed E-state index contributed by atoms with van der Waals surface area (Å²) < 4.78 is 0. The van der Waals surface area contributed by atoms with Gasteiger partial charge < -0.3 is 0 Å². The average Bonchev–Trinajstić information content (AvgIpc) is 3.17. The normalized spacial score (nSPS) is 11.6. The Morgan fingerprint density at radius 3 is 0.717 bits per heavy atom. The SMILES string of the molecule is [CH2]Cc1cc(CCCCCCCCCCCCCCC)c(CCCCCCCCCCCCCCC)c(CCCCCCCCCCCCCCC)c1. The Hall–Kier alpha value is -0.780. The minimum absolute atomic E-state index is 0.941. The molecule has 0 heteroatoms. The van der Waals surface area contributed by atoms with Crippen LogP contribution in [0.25, 0.3) is 0 Å². The first-order valence-electron chi connectivity index (χ1n) is 25.2. The second-order valence-corrected chi connectivity index (χ2v) is 17.6. The van der Waals surface area contributed by atoms with Crippen molar-refractivity contribution in [2.24, 2.45) is 0 Å². The summed E-state index contributed by atoms with van der Waals surface area (Å²) in [5.74, 6) is 0. The molecule has 0 amide bonds. The Balaban J connectivity index is 2.48. The summed E-state index contributed by atoms with van der Waals surface area (Å²) >= 11 is 0. The lowest BCUT2D eigenvalue weighted by Gasteiger charge is -2.18. The van der Waals surface area contributed by atoms with Gasteiger partial charge in [-0.2, -0.15) is 0 Å².